The Morgan fingerprint density at radius 3 is 1.47 bits per heavy atom. The Bertz CT molecular complexity index is 1910. The highest BCUT2D eigenvalue weighted by atomic mass is 16.8. The van der Waals surface area contributed by atoms with Crippen LogP contribution in [0, 0.1) is 0 Å². The Kier molecular flexibility index (Phi) is 45.4. The Morgan fingerprint density at radius 1 is 0.554 bits per heavy atom. The summed E-state index contributed by atoms with van der Waals surface area (Å²) < 4.78 is 34.9. The predicted octanol–water partition coefficient (Wildman–Crippen LogP) is 7.07. The lowest BCUT2D eigenvalue weighted by atomic mass is 9.88. The number of hydrogen-bond acceptors (Lipinski definition) is 20. The zero-order valence-corrected chi connectivity index (χ0v) is 56.4. The average Bonchev–Trinajstić information content (AvgIpc) is 0.767. The first-order chi connectivity index (χ1) is 44.4. The van der Waals surface area contributed by atoms with Crippen LogP contribution in [0.25, 0.3) is 0 Å². The maximum atomic E-state index is 13.5. The van der Waals surface area contributed by atoms with Crippen LogP contribution in [-0.4, -0.2) is 215 Å². The number of rotatable bonds is 55. The Hall–Kier alpha value is -2.53. The number of allylic oxidation sites excluding steroid dienone is 2. The van der Waals surface area contributed by atoms with Crippen molar-refractivity contribution in [3.63, 3.8) is 0 Å². The van der Waals surface area contributed by atoms with E-state index >= 15 is 0 Å². The van der Waals surface area contributed by atoms with Crippen molar-refractivity contribution in [1.82, 2.24) is 10.6 Å². The summed E-state index contributed by atoms with van der Waals surface area (Å²) in [6.45, 7) is 2.22. The van der Waals surface area contributed by atoms with E-state index in [9.17, 15) is 75.7 Å². The summed E-state index contributed by atoms with van der Waals surface area (Å²) in [5, 5.41) is 136. The Labute approximate surface area is 550 Å². The van der Waals surface area contributed by atoms with E-state index in [1.165, 1.54) is 141 Å². The summed E-state index contributed by atoms with van der Waals surface area (Å²) in [6.07, 6.45) is 19.2. The highest BCUT2D eigenvalue weighted by Crippen LogP contribution is 2.39. The lowest BCUT2D eigenvalue weighted by Gasteiger charge is -2.50. The van der Waals surface area contributed by atoms with Crippen LogP contribution < -0.4 is 10.6 Å². The van der Waals surface area contributed by atoms with Crippen molar-refractivity contribution < 1.29 is 104 Å². The lowest BCUT2D eigenvalue weighted by Crippen LogP contribution is -2.70. The van der Waals surface area contributed by atoms with Gasteiger partial charge in [0.2, 0.25) is 11.8 Å². The predicted molar refractivity (Wildman–Crippen MR) is 348 cm³/mol. The topological polar surface area (TPSA) is 373 Å². The smallest absolute Gasteiger partial charge is 0.364 e. The number of unbranched alkanes of at least 4 members (excludes halogenated alkanes) is 33. The van der Waals surface area contributed by atoms with Crippen molar-refractivity contribution in [3.05, 3.63) is 12.2 Å². The van der Waals surface area contributed by atoms with Gasteiger partial charge in [0, 0.05) is 19.8 Å². The zero-order chi connectivity index (χ0) is 67.5. The van der Waals surface area contributed by atoms with Gasteiger partial charge in [0.15, 0.2) is 12.6 Å². The van der Waals surface area contributed by atoms with Crippen molar-refractivity contribution >= 4 is 17.8 Å². The second-order valence-corrected chi connectivity index (χ2v) is 26.5. The first kappa shape index (κ1) is 83.7. The molecule has 18 unspecified atom stereocenters. The number of amides is 2. The molecule has 18 atom stereocenters. The number of carbonyl (C=O) groups is 3. The van der Waals surface area contributed by atoms with E-state index in [4.69, 9.17) is 28.4 Å². The molecule has 3 saturated heterocycles. The molecule has 3 heterocycles. The van der Waals surface area contributed by atoms with E-state index < -0.39 is 148 Å². The number of carboxylic acid groups (broad SMARTS) is 1. The molecule has 3 aliphatic rings. The van der Waals surface area contributed by atoms with E-state index in [0.717, 1.165) is 84.0 Å². The van der Waals surface area contributed by atoms with Crippen LogP contribution in [0.2, 0.25) is 0 Å². The highest BCUT2D eigenvalue weighted by molar-refractivity contribution is 5.77. The van der Waals surface area contributed by atoms with Crippen LogP contribution in [0.3, 0.4) is 0 Å². The minimum atomic E-state index is -3.08. The van der Waals surface area contributed by atoms with Gasteiger partial charge in [0.25, 0.3) is 5.79 Å². The van der Waals surface area contributed by atoms with E-state index in [2.05, 4.69) is 36.6 Å². The molecule has 3 fully saturated rings. The number of aliphatic hydroxyl groups excluding tert-OH is 11. The lowest BCUT2D eigenvalue weighted by molar-refractivity contribution is -0.386. The third kappa shape index (κ3) is 31.8. The number of hydrogen-bond donors (Lipinski definition) is 14. The molecule has 0 bridgehead atoms. The van der Waals surface area contributed by atoms with Gasteiger partial charge in [0.1, 0.15) is 67.1 Å². The molecule has 540 valence electrons. The first-order valence-electron chi connectivity index (χ1n) is 36.0. The number of aliphatic hydroxyl groups is 11. The molecule has 0 radical (unpaired) electrons. The van der Waals surface area contributed by atoms with Crippen molar-refractivity contribution in [1.29, 1.82) is 0 Å². The molecule has 2 amide bonds. The molecular weight excluding hydrogens is 1190 g/mol. The molecule has 0 saturated carbocycles. The fourth-order valence-corrected chi connectivity index (χ4v) is 12.7. The molecule has 23 heteroatoms. The standard InChI is InChI=1S/C69H128N2O21/c1-4-6-8-10-12-14-16-18-20-22-23-24-25-27-28-30-32-34-36-38-40-42-51(76)50(71-56(79)43-41-39-37-35-33-31-29-26-21-19-17-15-13-11-9-7-5-2)48-87-66-61(83)60(82)63(55(47-74)89-66)90-67-62(84)65(59(81)54(46-73)88-67)92-69(68(85)86)44-52(77)57(70-49(3)75)64(91-69)58(80)53(78)45-72/h19,21,50-55,57-67,72-74,76-78,80-84H,4-18,20,22-48H2,1-3H3,(H,70,75)(H,71,79)(H,85,86)/b21-19-. The van der Waals surface area contributed by atoms with E-state index in [1.807, 2.05) is 0 Å². The summed E-state index contributed by atoms with van der Waals surface area (Å²) in [5.74, 6) is -6.10. The van der Waals surface area contributed by atoms with Gasteiger partial charge in [0.05, 0.1) is 50.7 Å². The van der Waals surface area contributed by atoms with Crippen molar-refractivity contribution in [2.75, 3.05) is 26.4 Å². The third-order valence-electron chi connectivity index (χ3n) is 18.5. The molecule has 0 aromatic rings. The van der Waals surface area contributed by atoms with Gasteiger partial charge in [-0.05, 0) is 38.5 Å². The minimum absolute atomic E-state index is 0.220. The summed E-state index contributed by atoms with van der Waals surface area (Å²) in [4.78, 5) is 38.6. The minimum Gasteiger partial charge on any atom is -0.477 e. The van der Waals surface area contributed by atoms with Gasteiger partial charge < -0.3 is 100 Å². The van der Waals surface area contributed by atoms with Crippen LogP contribution >= 0.6 is 0 Å². The summed E-state index contributed by atoms with van der Waals surface area (Å²) in [5.41, 5.74) is 0. The maximum absolute atomic E-state index is 13.5. The molecule has 3 rings (SSSR count). The molecule has 92 heavy (non-hydrogen) atoms. The molecule has 23 nitrogen and oxygen atoms in total. The third-order valence-corrected chi connectivity index (χ3v) is 18.5. The summed E-state index contributed by atoms with van der Waals surface area (Å²) in [7, 11) is 0. The van der Waals surface area contributed by atoms with Crippen molar-refractivity contribution in [3.8, 4) is 0 Å². The second-order valence-electron chi connectivity index (χ2n) is 26.5. The van der Waals surface area contributed by atoms with Crippen LogP contribution in [0.4, 0.5) is 0 Å². The number of nitrogens with one attached hydrogen (secondary N) is 2. The molecule has 0 aromatic heterocycles. The molecule has 3 aliphatic heterocycles. The molecular formula is C69H128N2O21. The molecule has 0 aromatic carbocycles. The van der Waals surface area contributed by atoms with Crippen molar-refractivity contribution in [2.45, 2.75) is 381 Å². The number of ether oxygens (including phenoxy) is 6. The Morgan fingerprint density at radius 2 is 1.01 bits per heavy atom. The zero-order valence-electron chi connectivity index (χ0n) is 56.4. The quantitative estimate of drug-likeness (QED) is 0.0214. The number of aliphatic carboxylic acids is 1. The van der Waals surface area contributed by atoms with Crippen molar-refractivity contribution in [2.24, 2.45) is 0 Å². The Balaban J connectivity index is 1.58. The van der Waals surface area contributed by atoms with E-state index in [1.54, 1.807) is 0 Å². The van der Waals surface area contributed by atoms with Gasteiger partial charge >= 0.3 is 5.97 Å². The van der Waals surface area contributed by atoms with Gasteiger partial charge in [-0.1, -0.05) is 225 Å². The van der Waals surface area contributed by atoms with Gasteiger partial charge in [-0.3, -0.25) is 9.59 Å². The second kappa shape index (κ2) is 49.9. The van der Waals surface area contributed by atoms with Gasteiger partial charge in [-0.25, -0.2) is 4.79 Å². The average molecular weight is 1320 g/mol. The molecule has 0 aliphatic carbocycles. The SMILES string of the molecule is CCCCCCCC/C=C\CCCCCCCCCC(=O)NC(COC1OC(CO)C(OC2OC(CO)C(O)C(OC3(C(=O)O)CC(O)C(NC(C)=O)C(C(O)C(O)CO)O3)C2O)C(O)C1O)C(O)CCCCCCCCCCCCCCCCCCCCCCC. The fraction of sp³-hybridized carbons (Fsp3) is 0.928. The highest BCUT2D eigenvalue weighted by Gasteiger charge is 2.60. The molecule has 0 spiro atoms. The normalized spacial score (nSPS) is 28.3. The monoisotopic (exact) mass is 1320 g/mol. The van der Waals surface area contributed by atoms with E-state index in [0.29, 0.717) is 19.3 Å². The van der Waals surface area contributed by atoms with Crippen LogP contribution in [0.1, 0.15) is 271 Å². The number of carboxylic acids is 1. The number of carbonyl (C=O) groups excluding carboxylic acids is 2. The van der Waals surface area contributed by atoms with Crippen LogP contribution in [0.5, 0.6) is 0 Å². The van der Waals surface area contributed by atoms with Crippen LogP contribution in [0.15, 0.2) is 12.2 Å². The molecule has 14 N–H and O–H groups in total. The summed E-state index contributed by atoms with van der Waals surface area (Å²) >= 11 is 0. The fourth-order valence-electron chi connectivity index (χ4n) is 12.7. The van der Waals surface area contributed by atoms with E-state index in [-0.39, 0.29) is 18.9 Å². The van der Waals surface area contributed by atoms with Crippen LogP contribution in [-0.2, 0) is 42.8 Å². The maximum Gasteiger partial charge on any atom is 0.364 e. The van der Waals surface area contributed by atoms with Gasteiger partial charge in [-0.2, -0.15) is 0 Å². The van der Waals surface area contributed by atoms with Gasteiger partial charge in [-0.15, -0.1) is 0 Å². The summed E-state index contributed by atoms with van der Waals surface area (Å²) in [6, 6.07) is -2.53. The largest absolute Gasteiger partial charge is 0.477 e. The first-order valence-corrected chi connectivity index (χ1v) is 36.0.